The second-order valence-corrected chi connectivity index (χ2v) is 4.63. The van der Waals surface area contributed by atoms with Crippen LogP contribution in [0.2, 0.25) is 0 Å². The Morgan fingerprint density at radius 3 is 3.13 bits per heavy atom. The summed E-state index contributed by atoms with van der Waals surface area (Å²) in [4.78, 5) is 15.2. The van der Waals surface area contributed by atoms with Crippen molar-refractivity contribution in [1.82, 2.24) is 4.98 Å². The van der Waals surface area contributed by atoms with Crippen LogP contribution in [0.1, 0.15) is 13.3 Å². The molecule has 0 amide bonds. The van der Waals surface area contributed by atoms with Crippen LogP contribution in [0.15, 0.2) is 27.8 Å². The van der Waals surface area contributed by atoms with Crippen LogP contribution in [0.3, 0.4) is 0 Å². The number of carbonyl (C=O) groups is 1. The van der Waals surface area contributed by atoms with E-state index in [2.05, 4.69) is 20.9 Å². The maximum atomic E-state index is 11.1. The fraction of sp³-hybridized carbons (Fsp3) is 0.400. The predicted molar refractivity (Wildman–Crippen MR) is 63.9 cm³/mol. The zero-order valence-corrected chi connectivity index (χ0v) is 10.8. The Morgan fingerprint density at radius 1 is 1.67 bits per heavy atom. The molecule has 0 saturated carbocycles. The van der Waals surface area contributed by atoms with Gasteiger partial charge in [-0.05, 0) is 35.0 Å². The van der Waals surface area contributed by atoms with Crippen LogP contribution in [-0.4, -0.2) is 23.3 Å². The molecule has 0 spiro atoms. The summed E-state index contributed by atoms with van der Waals surface area (Å²) in [5, 5.41) is 0.904. The topological polar surface area (TPSA) is 39.2 Å². The molecule has 0 fully saturated rings. The van der Waals surface area contributed by atoms with Gasteiger partial charge in [0.1, 0.15) is 5.03 Å². The molecule has 0 atom stereocenters. The molecule has 1 aromatic heterocycles. The van der Waals surface area contributed by atoms with Crippen LogP contribution in [0.5, 0.6) is 0 Å². The lowest BCUT2D eigenvalue weighted by molar-refractivity contribution is -0.142. The Labute approximate surface area is 102 Å². The van der Waals surface area contributed by atoms with Crippen molar-refractivity contribution in [3.63, 3.8) is 0 Å². The second-order valence-electron chi connectivity index (χ2n) is 2.69. The lowest BCUT2D eigenvalue weighted by Gasteiger charge is -2.02. The highest BCUT2D eigenvalue weighted by Gasteiger charge is 2.04. The number of aromatic nitrogens is 1. The van der Waals surface area contributed by atoms with E-state index in [1.54, 1.807) is 24.9 Å². The number of ether oxygens (including phenoxy) is 1. The first kappa shape index (κ1) is 12.5. The van der Waals surface area contributed by atoms with E-state index >= 15 is 0 Å². The normalized spacial score (nSPS) is 10.0. The van der Waals surface area contributed by atoms with E-state index < -0.39 is 0 Å². The van der Waals surface area contributed by atoms with Gasteiger partial charge in [-0.3, -0.25) is 4.79 Å². The van der Waals surface area contributed by atoms with E-state index in [9.17, 15) is 4.79 Å². The second kappa shape index (κ2) is 6.85. The molecule has 0 aliphatic heterocycles. The summed E-state index contributed by atoms with van der Waals surface area (Å²) >= 11 is 4.94. The Bertz CT molecular complexity index is 333. The molecule has 1 rings (SSSR count). The van der Waals surface area contributed by atoms with Crippen LogP contribution in [0.4, 0.5) is 0 Å². The van der Waals surface area contributed by atoms with Gasteiger partial charge in [0.2, 0.25) is 0 Å². The molecule has 0 bridgehead atoms. The number of hydrogen-bond donors (Lipinski definition) is 0. The third kappa shape index (κ3) is 4.66. The first-order valence-corrected chi connectivity index (χ1v) is 6.41. The standard InChI is InChI=1S/C10H12BrNO2S/c1-2-14-9(13)5-7-15-10-8(11)4-3-6-12-10/h3-4,6H,2,5,7H2,1H3. The average molecular weight is 290 g/mol. The van der Waals surface area contributed by atoms with Crippen molar-refractivity contribution in [3.05, 3.63) is 22.8 Å². The highest BCUT2D eigenvalue weighted by Crippen LogP contribution is 2.24. The van der Waals surface area contributed by atoms with Gasteiger partial charge in [0.05, 0.1) is 13.0 Å². The first-order chi connectivity index (χ1) is 7.24. The lowest BCUT2D eigenvalue weighted by Crippen LogP contribution is -2.04. The molecule has 0 aromatic carbocycles. The number of pyridine rings is 1. The van der Waals surface area contributed by atoms with Crippen molar-refractivity contribution in [2.45, 2.75) is 18.4 Å². The zero-order valence-electron chi connectivity index (χ0n) is 8.40. The maximum Gasteiger partial charge on any atom is 0.306 e. The largest absolute Gasteiger partial charge is 0.466 e. The highest BCUT2D eigenvalue weighted by atomic mass is 79.9. The molecule has 0 aliphatic rings. The number of thioether (sulfide) groups is 1. The van der Waals surface area contributed by atoms with Gasteiger partial charge in [0.25, 0.3) is 0 Å². The quantitative estimate of drug-likeness (QED) is 0.617. The van der Waals surface area contributed by atoms with Gasteiger partial charge in [-0.1, -0.05) is 0 Å². The Hall–Kier alpha value is -0.550. The Morgan fingerprint density at radius 2 is 2.47 bits per heavy atom. The van der Waals surface area contributed by atoms with Crippen LogP contribution in [0.25, 0.3) is 0 Å². The summed E-state index contributed by atoms with van der Waals surface area (Å²) < 4.78 is 5.78. The van der Waals surface area contributed by atoms with E-state index in [4.69, 9.17) is 4.74 Å². The van der Waals surface area contributed by atoms with Crippen molar-refractivity contribution in [3.8, 4) is 0 Å². The van der Waals surface area contributed by atoms with E-state index in [1.807, 2.05) is 12.1 Å². The lowest BCUT2D eigenvalue weighted by atomic mass is 10.5. The van der Waals surface area contributed by atoms with Crippen molar-refractivity contribution in [2.75, 3.05) is 12.4 Å². The third-order valence-corrected chi connectivity index (χ3v) is 3.48. The first-order valence-electron chi connectivity index (χ1n) is 4.63. The number of halogens is 1. The van der Waals surface area contributed by atoms with Gasteiger partial charge < -0.3 is 4.74 Å². The maximum absolute atomic E-state index is 11.1. The molecular formula is C10H12BrNO2S. The number of nitrogens with zero attached hydrogens (tertiary/aromatic N) is 1. The SMILES string of the molecule is CCOC(=O)CCSc1ncccc1Br. The minimum absolute atomic E-state index is 0.156. The number of esters is 1. The summed E-state index contributed by atoms with van der Waals surface area (Å²) in [6.45, 7) is 2.25. The van der Waals surface area contributed by atoms with Gasteiger partial charge in [-0.2, -0.15) is 0 Å². The summed E-state index contributed by atoms with van der Waals surface area (Å²) in [5.74, 6) is 0.533. The fourth-order valence-electron chi connectivity index (χ4n) is 0.942. The summed E-state index contributed by atoms with van der Waals surface area (Å²) in [6.07, 6.45) is 2.15. The molecule has 0 radical (unpaired) electrons. The predicted octanol–water partition coefficient (Wildman–Crippen LogP) is 2.89. The minimum atomic E-state index is -0.156. The van der Waals surface area contributed by atoms with Crippen molar-refractivity contribution >= 4 is 33.7 Å². The number of rotatable bonds is 5. The molecule has 82 valence electrons. The van der Waals surface area contributed by atoms with Gasteiger partial charge in [-0.25, -0.2) is 4.98 Å². The van der Waals surface area contributed by atoms with Gasteiger partial charge in [-0.15, -0.1) is 11.8 Å². The van der Waals surface area contributed by atoms with Gasteiger partial charge in [0.15, 0.2) is 0 Å². The Balaban J connectivity index is 2.32. The summed E-state index contributed by atoms with van der Waals surface area (Å²) in [6, 6.07) is 3.79. The molecule has 5 heteroatoms. The molecule has 0 N–H and O–H groups in total. The molecule has 0 saturated heterocycles. The molecule has 1 heterocycles. The van der Waals surface area contributed by atoms with Crippen LogP contribution in [0, 0.1) is 0 Å². The van der Waals surface area contributed by atoms with Gasteiger partial charge >= 0.3 is 5.97 Å². The molecular weight excluding hydrogens is 278 g/mol. The molecule has 0 unspecified atom stereocenters. The molecule has 1 aromatic rings. The summed E-state index contributed by atoms with van der Waals surface area (Å²) in [7, 11) is 0. The monoisotopic (exact) mass is 289 g/mol. The highest BCUT2D eigenvalue weighted by molar-refractivity contribution is 9.10. The molecule has 0 aliphatic carbocycles. The Kier molecular flexibility index (Phi) is 5.71. The van der Waals surface area contributed by atoms with Crippen molar-refractivity contribution < 1.29 is 9.53 Å². The number of carbonyl (C=O) groups excluding carboxylic acids is 1. The zero-order chi connectivity index (χ0) is 11.1. The van der Waals surface area contributed by atoms with Crippen LogP contribution < -0.4 is 0 Å². The molecule has 3 nitrogen and oxygen atoms in total. The summed E-state index contributed by atoms with van der Waals surface area (Å²) in [5.41, 5.74) is 0. The van der Waals surface area contributed by atoms with E-state index in [-0.39, 0.29) is 5.97 Å². The van der Waals surface area contributed by atoms with E-state index in [0.717, 1.165) is 9.50 Å². The minimum Gasteiger partial charge on any atom is -0.466 e. The van der Waals surface area contributed by atoms with E-state index in [0.29, 0.717) is 18.8 Å². The fourth-order valence-corrected chi connectivity index (χ4v) is 2.34. The van der Waals surface area contributed by atoms with E-state index in [1.165, 1.54) is 0 Å². The van der Waals surface area contributed by atoms with Crippen LogP contribution in [-0.2, 0) is 9.53 Å². The van der Waals surface area contributed by atoms with Crippen molar-refractivity contribution in [1.29, 1.82) is 0 Å². The third-order valence-electron chi connectivity index (χ3n) is 1.58. The van der Waals surface area contributed by atoms with Crippen LogP contribution >= 0.6 is 27.7 Å². The number of hydrogen-bond acceptors (Lipinski definition) is 4. The smallest absolute Gasteiger partial charge is 0.306 e. The average Bonchev–Trinajstić information content (AvgIpc) is 2.21. The van der Waals surface area contributed by atoms with Gasteiger partial charge in [0, 0.05) is 16.4 Å². The molecule has 15 heavy (non-hydrogen) atoms. The van der Waals surface area contributed by atoms with Crippen molar-refractivity contribution in [2.24, 2.45) is 0 Å².